The number of hydrogen-bond acceptors (Lipinski definition) is 1. The molecule has 0 aliphatic carbocycles. The molecule has 0 aliphatic rings. The zero-order valence-corrected chi connectivity index (χ0v) is 9.21. The van der Waals surface area contributed by atoms with E-state index in [9.17, 15) is 0 Å². The van der Waals surface area contributed by atoms with Gasteiger partial charge in [-0.3, -0.25) is 0 Å². The molecule has 0 amide bonds. The van der Waals surface area contributed by atoms with Gasteiger partial charge in [-0.25, -0.2) is 0 Å². The summed E-state index contributed by atoms with van der Waals surface area (Å²) in [4.78, 5) is 0. The Morgan fingerprint density at radius 2 is 1.86 bits per heavy atom. The molecule has 0 atom stereocenters. The minimum absolute atomic E-state index is 0.291. The molecule has 1 nitrogen and oxygen atoms in total. The standard InChI is InChI=1S/C13H20O/c1-3-11-7-8-12(4-2)13(10-11)6-5-9-14/h7-8,10,14H,3-6,9H2,1-2H3. The molecule has 0 spiro atoms. The molecule has 0 heterocycles. The smallest absolute Gasteiger partial charge is 0.0434 e. The molecule has 0 saturated carbocycles. The van der Waals surface area contributed by atoms with Crippen LogP contribution in [0.1, 0.15) is 37.0 Å². The number of benzene rings is 1. The van der Waals surface area contributed by atoms with E-state index < -0.39 is 0 Å². The number of hydrogen-bond donors (Lipinski definition) is 1. The molecular weight excluding hydrogens is 172 g/mol. The monoisotopic (exact) mass is 192 g/mol. The maximum atomic E-state index is 8.82. The number of rotatable bonds is 5. The molecule has 0 bridgehead atoms. The Kier molecular flexibility index (Phi) is 4.68. The SMILES string of the molecule is CCc1ccc(CC)c(CCCO)c1. The molecule has 0 aromatic heterocycles. The zero-order valence-electron chi connectivity index (χ0n) is 9.21. The second kappa shape index (κ2) is 5.82. The Morgan fingerprint density at radius 1 is 1.07 bits per heavy atom. The van der Waals surface area contributed by atoms with Gasteiger partial charge in [0.1, 0.15) is 0 Å². The highest BCUT2D eigenvalue weighted by molar-refractivity contribution is 5.32. The average Bonchev–Trinajstić information content (AvgIpc) is 2.25. The molecule has 1 heteroatoms. The Bertz CT molecular complexity index is 279. The van der Waals surface area contributed by atoms with Crippen molar-refractivity contribution in [3.8, 4) is 0 Å². The number of aryl methyl sites for hydroxylation is 3. The van der Waals surface area contributed by atoms with Crippen LogP contribution >= 0.6 is 0 Å². The summed E-state index contributed by atoms with van der Waals surface area (Å²) in [6, 6.07) is 6.72. The van der Waals surface area contributed by atoms with Crippen LogP contribution in [0.2, 0.25) is 0 Å². The minimum Gasteiger partial charge on any atom is -0.396 e. The summed E-state index contributed by atoms with van der Waals surface area (Å²) < 4.78 is 0. The molecule has 0 unspecified atom stereocenters. The Hall–Kier alpha value is -0.820. The van der Waals surface area contributed by atoms with E-state index in [0.717, 1.165) is 25.7 Å². The van der Waals surface area contributed by atoms with E-state index in [2.05, 4.69) is 32.0 Å². The first kappa shape index (κ1) is 11.3. The highest BCUT2D eigenvalue weighted by Gasteiger charge is 2.01. The van der Waals surface area contributed by atoms with Crippen LogP contribution in [0.15, 0.2) is 18.2 Å². The number of aliphatic hydroxyl groups excluding tert-OH is 1. The highest BCUT2D eigenvalue weighted by atomic mass is 16.2. The van der Waals surface area contributed by atoms with Gasteiger partial charge in [-0.05, 0) is 42.4 Å². The lowest BCUT2D eigenvalue weighted by Crippen LogP contribution is -1.97. The summed E-state index contributed by atoms with van der Waals surface area (Å²) in [5, 5.41) is 8.82. The van der Waals surface area contributed by atoms with Crippen LogP contribution in [0.4, 0.5) is 0 Å². The van der Waals surface area contributed by atoms with Crippen LogP contribution in [0.5, 0.6) is 0 Å². The Balaban J connectivity index is 2.84. The summed E-state index contributed by atoms with van der Waals surface area (Å²) in [6.07, 6.45) is 4.06. The van der Waals surface area contributed by atoms with Gasteiger partial charge in [0, 0.05) is 6.61 Å². The van der Waals surface area contributed by atoms with Crippen molar-refractivity contribution in [2.45, 2.75) is 39.5 Å². The normalized spacial score (nSPS) is 10.5. The van der Waals surface area contributed by atoms with E-state index in [1.807, 2.05) is 0 Å². The fourth-order valence-electron chi connectivity index (χ4n) is 1.75. The Labute approximate surface area is 86.8 Å². The maximum Gasteiger partial charge on any atom is 0.0434 e. The first-order valence-corrected chi connectivity index (χ1v) is 5.53. The third-order valence-electron chi connectivity index (χ3n) is 2.66. The van der Waals surface area contributed by atoms with E-state index in [1.54, 1.807) is 0 Å². The molecule has 1 rings (SSSR count). The zero-order chi connectivity index (χ0) is 10.4. The molecule has 0 fully saturated rings. The van der Waals surface area contributed by atoms with Gasteiger partial charge in [0.2, 0.25) is 0 Å². The van der Waals surface area contributed by atoms with Crippen LogP contribution in [0.25, 0.3) is 0 Å². The fraction of sp³-hybridized carbons (Fsp3) is 0.538. The summed E-state index contributed by atoms with van der Waals surface area (Å²) >= 11 is 0. The molecular formula is C13H20O. The van der Waals surface area contributed by atoms with Crippen LogP contribution < -0.4 is 0 Å². The molecule has 78 valence electrons. The fourth-order valence-corrected chi connectivity index (χ4v) is 1.75. The van der Waals surface area contributed by atoms with Gasteiger partial charge in [0.05, 0.1) is 0 Å². The van der Waals surface area contributed by atoms with Crippen molar-refractivity contribution < 1.29 is 5.11 Å². The molecule has 1 aromatic carbocycles. The van der Waals surface area contributed by atoms with Crippen LogP contribution in [0.3, 0.4) is 0 Å². The van der Waals surface area contributed by atoms with E-state index in [0.29, 0.717) is 6.61 Å². The van der Waals surface area contributed by atoms with Crippen molar-refractivity contribution in [2.24, 2.45) is 0 Å². The van der Waals surface area contributed by atoms with Crippen LogP contribution in [-0.2, 0) is 19.3 Å². The third kappa shape index (κ3) is 2.85. The lowest BCUT2D eigenvalue weighted by molar-refractivity contribution is 0.288. The summed E-state index contributed by atoms with van der Waals surface area (Å²) in [5.74, 6) is 0. The van der Waals surface area contributed by atoms with Crippen molar-refractivity contribution in [3.63, 3.8) is 0 Å². The van der Waals surface area contributed by atoms with Crippen molar-refractivity contribution >= 4 is 0 Å². The number of aliphatic hydroxyl groups is 1. The van der Waals surface area contributed by atoms with Crippen molar-refractivity contribution in [2.75, 3.05) is 6.61 Å². The summed E-state index contributed by atoms with van der Waals surface area (Å²) in [7, 11) is 0. The first-order valence-electron chi connectivity index (χ1n) is 5.53. The van der Waals surface area contributed by atoms with Gasteiger partial charge in [0.15, 0.2) is 0 Å². The summed E-state index contributed by atoms with van der Waals surface area (Å²) in [6.45, 7) is 4.65. The van der Waals surface area contributed by atoms with Gasteiger partial charge >= 0.3 is 0 Å². The first-order chi connectivity index (χ1) is 6.81. The predicted octanol–water partition coefficient (Wildman–Crippen LogP) is 2.74. The second-order valence-electron chi connectivity index (χ2n) is 3.64. The third-order valence-corrected chi connectivity index (χ3v) is 2.66. The van der Waals surface area contributed by atoms with E-state index in [1.165, 1.54) is 16.7 Å². The largest absolute Gasteiger partial charge is 0.396 e. The summed E-state index contributed by atoms with van der Waals surface area (Å²) in [5.41, 5.74) is 4.24. The van der Waals surface area contributed by atoms with Crippen LogP contribution in [-0.4, -0.2) is 11.7 Å². The molecule has 0 radical (unpaired) electrons. The van der Waals surface area contributed by atoms with Crippen LogP contribution in [0, 0.1) is 0 Å². The average molecular weight is 192 g/mol. The quantitative estimate of drug-likeness (QED) is 0.760. The van der Waals surface area contributed by atoms with Crippen molar-refractivity contribution in [1.29, 1.82) is 0 Å². The van der Waals surface area contributed by atoms with Gasteiger partial charge in [-0.15, -0.1) is 0 Å². The second-order valence-corrected chi connectivity index (χ2v) is 3.64. The van der Waals surface area contributed by atoms with Gasteiger partial charge in [-0.1, -0.05) is 32.0 Å². The van der Waals surface area contributed by atoms with Crippen molar-refractivity contribution in [1.82, 2.24) is 0 Å². The molecule has 1 aromatic rings. The topological polar surface area (TPSA) is 20.2 Å². The molecule has 0 saturated heterocycles. The molecule has 1 N–H and O–H groups in total. The van der Waals surface area contributed by atoms with E-state index in [4.69, 9.17) is 5.11 Å². The highest BCUT2D eigenvalue weighted by Crippen LogP contribution is 2.15. The van der Waals surface area contributed by atoms with E-state index in [-0.39, 0.29) is 0 Å². The van der Waals surface area contributed by atoms with E-state index >= 15 is 0 Å². The Morgan fingerprint density at radius 3 is 2.43 bits per heavy atom. The van der Waals surface area contributed by atoms with Gasteiger partial charge in [-0.2, -0.15) is 0 Å². The molecule has 0 aliphatic heterocycles. The van der Waals surface area contributed by atoms with Crippen molar-refractivity contribution in [3.05, 3.63) is 34.9 Å². The lowest BCUT2D eigenvalue weighted by atomic mass is 9.97. The van der Waals surface area contributed by atoms with Gasteiger partial charge < -0.3 is 5.11 Å². The lowest BCUT2D eigenvalue weighted by Gasteiger charge is -2.09. The maximum absolute atomic E-state index is 8.82. The molecule has 14 heavy (non-hydrogen) atoms. The predicted molar refractivity (Wildman–Crippen MR) is 60.6 cm³/mol. The minimum atomic E-state index is 0.291. The van der Waals surface area contributed by atoms with Gasteiger partial charge in [0.25, 0.3) is 0 Å².